The van der Waals surface area contributed by atoms with Gasteiger partial charge in [0.15, 0.2) is 0 Å². The van der Waals surface area contributed by atoms with Crippen molar-refractivity contribution < 1.29 is 8.78 Å². The summed E-state index contributed by atoms with van der Waals surface area (Å²) in [5.74, 6) is -0.515. The van der Waals surface area contributed by atoms with E-state index in [1.165, 1.54) is 12.1 Å². The van der Waals surface area contributed by atoms with Gasteiger partial charge in [0.25, 0.3) is 0 Å². The Morgan fingerprint density at radius 3 is 2.53 bits per heavy atom. The normalized spacial score (nSPS) is 22.9. The lowest BCUT2D eigenvalue weighted by molar-refractivity contribution is 0.252. The Bertz CT molecular complexity index is 375. The molecule has 0 aromatic heterocycles. The van der Waals surface area contributed by atoms with E-state index in [0.29, 0.717) is 18.0 Å². The topological polar surface area (TPSA) is 29.3 Å². The number of benzene rings is 1. The zero-order chi connectivity index (χ0) is 12.4. The fraction of sp³-hybridized carbons (Fsp3) is 0.538. The number of hydrogen-bond donors (Lipinski definition) is 1. The minimum absolute atomic E-state index is 0.0387. The summed E-state index contributed by atoms with van der Waals surface area (Å²) in [6.07, 6.45) is 1.07. The van der Waals surface area contributed by atoms with Crippen LogP contribution in [0, 0.1) is 17.6 Å². The van der Waals surface area contributed by atoms with Crippen LogP contribution in [0.25, 0.3) is 0 Å². The smallest absolute Gasteiger partial charge is 0.126 e. The standard InChI is InChI=1S/C13H18F2N2/c1-9(17-3-2-10(7-16)8-17)11-4-12(14)6-13(15)5-11/h4-6,9-10H,2-3,7-8,16H2,1H3. The highest BCUT2D eigenvalue weighted by molar-refractivity contribution is 5.21. The van der Waals surface area contributed by atoms with Crippen LogP contribution in [0.2, 0.25) is 0 Å². The average Bonchev–Trinajstić information content (AvgIpc) is 2.75. The third-order valence-corrected chi connectivity index (χ3v) is 3.57. The second kappa shape index (κ2) is 5.10. The van der Waals surface area contributed by atoms with E-state index in [9.17, 15) is 8.78 Å². The van der Waals surface area contributed by atoms with Crippen molar-refractivity contribution in [3.63, 3.8) is 0 Å². The molecular formula is C13H18F2N2. The summed E-state index contributed by atoms with van der Waals surface area (Å²) in [6.45, 7) is 4.52. The van der Waals surface area contributed by atoms with Gasteiger partial charge in [-0.15, -0.1) is 0 Å². The van der Waals surface area contributed by atoms with Crippen molar-refractivity contribution in [2.75, 3.05) is 19.6 Å². The van der Waals surface area contributed by atoms with Gasteiger partial charge in [-0.25, -0.2) is 8.78 Å². The average molecular weight is 240 g/mol. The molecule has 2 atom stereocenters. The molecule has 2 rings (SSSR count). The lowest BCUT2D eigenvalue weighted by atomic mass is 10.1. The van der Waals surface area contributed by atoms with E-state index in [4.69, 9.17) is 5.73 Å². The van der Waals surface area contributed by atoms with Gasteiger partial charge < -0.3 is 5.73 Å². The van der Waals surface area contributed by atoms with Crippen LogP contribution in [0.4, 0.5) is 8.78 Å². The Kier molecular flexibility index (Phi) is 3.74. The summed E-state index contributed by atoms with van der Waals surface area (Å²) in [5.41, 5.74) is 6.33. The third kappa shape index (κ3) is 2.82. The SMILES string of the molecule is CC(c1cc(F)cc(F)c1)N1CCC(CN)C1. The fourth-order valence-electron chi connectivity index (χ4n) is 2.43. The largest absolute Gasteiger partial charge is 0.330 e. The van der Waals surface area contributed by atoms with E-state index in [-0.39, 0.29) is 6.04 Å². The van der Waals surface area contributed by atoms with Crippen LogP contribution in [-0.4, -0.2) is 24.5 Å². The molecule has 0 bridgehead atoms. The van der Waals surface area contributed by atoms with Gasteiger partial charge in [-0.2, -0.15) is 0 Å². The number of hydrogen-bond acceptors (Lipinski definition) is 2. The van der Waals surface area contributed by atoms with Crippen LogP contribution in [0.3, 0.4) is 0 Å². The molecule has 1 saturated heterocycles. The minimum Gasteiger partial charge on any atom is -0.330 e. The highest BCUT2D eigenvalue weighted by atomic mass is 19.1. The maximum atomic E-state index is 13.1. The first-order chi connectivity index (χ1) is 8.10. The van der Waals surface area contributed by atoms with E-state index < -0.39 is 11.6 Å². The van der Waals surface area contributed by atoms with Crippen molar-refractivity contribution >= 4 is 0 Å². The molecular weight excluding hydrogens is 222 g/mol. The maximum Gasteiger partial charge on any atom is 0.126 e. The molecule has 1 aliphatic heterocycles. The van der Waals surface area contributed by atoms with Gasteiger partial charge in [0, 0.05) is 18.7 Å². The quantitative estimate of drug-likeness (QED) is 0.878. The number of likely N-dealkylation sites (tertiary alicyclic amines) is 1. The van der Waals surface area contributed by atoms with E-state index in [1.807, 2.05) is 6.92 Å². The van der Waals surface area contributed by atoms with Gasteiger partial charge >= 0.3 is 0 Å². The van der Waals surface area contributed by atoms with Crippen molar-refractivity contribution in [3.8, 4) is 0 Å². The Labute approximate surface area is 100 Å². The van der Waals surface area contributed by atoms with Gasteiger partial charge in [-0.3, -0.25) is 4.90 Å². The highest BCUT2D eigenvalue weighted by Gasteiger charge is 2.26. The van der Waals surface area contributed by atoms with Crippen LogP contribution in [0.1, 0.15) is 24.9 Å². The number of nitrogens with zero attached hydrogens (tertiary/aromatic N) is 1. The van der Waals surface area contributed by atoms with Gasteiger partial charge in [0.2, 0.25) is 0 Å². The minimum atomic E-state index is -0.513. The van der Waals surface area contributed by atoms with Crippen LogP contribution in [0.5, 0.6) is 0 Å². The van der Waals surface area contributed by atoms with Crippen LogP contribution in [-0.2, 0) is 0 Å². The zero-order valence-electron chi connectivity index (χ0n) is 10.00. The molecule has 4 heteroatoms. The number of rotatable bonds is 3. The second-order valence-electron chi connectivity index (χ2n) is 4.76. The van der Waals surface area contributed by atoms with Crippen molar-refractivity contribution in [3.05, 3.63) is 35.4 Å². The number of halogens is 2. The number of nitrogens with two attached hydrogens (primary N) is 1. The van der Waals surface area contributed by atoms with Crippen LogP contribution < -0.4 is 5.73 Å². The molecule has 0 amide bonds. The summed E-state index contributed by atoms with van der Waals surface area (Å²) in [7, 11) is 0. The summed E-state index contributed by atoms with van der Waals surface area (Å²) in [4.78, 5) is 2.23. The molecule has 0 spiro atoms. The molecule has 1 aliphatic rings. The monoisotopic (exact) mass is 240 g/mol. The van der Waals surface area contributed by atoms with Crippen LogP contribution >= 0.6 is 0 Å². The van der Waals surface area contributed by atoms with Gasteiger partial charge in [-0.05, 0) is 50.0 Å². The first-order valence-electron chi connectivity index (χ1n) is 6.00. The maximum absolute atomic E-state index is 13.1. The van der Waals surface area contributed by atoms with Gasteiger partial charge in [0.05, 0.1) is 0 Å². The molecule has 2 N–H and O–H groups in total. The van der Waals surface area contributed by atoms with Crippen molar-refractivity contribution in [1.29, 1.82) is 0 Å². The van der Waals surface area contributed by atoms with Crippen molar-refractivity contribution in [1.82, 2.24) is 4.90 Å². The third-order valence-electron chi connectivity index (χ3n) is 3.57. The lowest BCUT2D eigenvalue weighted by Gasteiger charge is -2.24. The Morgan fingerprint density at radius 2 is 2.00 bits per heavy atom. The van der Waals surface area contributed by atoms with Crippen molar-refractivity contribution in [2.45, 2.75) is 19.4 Å². The van der Waals surface area contributed by atoms with Crippen molar-refractivity contribution in [2.24, 2.45) is 11.7 Å². The van der Waals surface area contributed by atoms with E-state index in [2.05, 4.69) is 4.90 Å². The molecule has 17 heavy (non-hydrogen) atoms. The molecule has 2 unspecified atom stereocenters. The first kappa shape index (κ1) is 12.5. The summed E-state index contributed by atoms with van der Waals surface area (Å²) < 4.78 is 26.3. The summed E-state index contributed by atoms with van der Waals surface area (Å²) in [5, 5.41) is 0. The highest BCUT2D eigenvalue weighted by Crippen LogP contribution is 2.27. The molecule has 1 heterocycles. The summed E-state index contributed by atoms with van der Waals surface area (Å²) in [6, 6.07) is 3.76. The van der Waals surface area contributed by atoms with E-state index in [1.54, 1.807) is 0 Å². The predicted octanol–water partition coefficient (Wildman–Crippen LogP) is 2.31. The van der Waals surface area contributed by atoms with E-state index in [0.717, 1.165) is 25.6 Å². The molecule has 0 radical (unpaired) electrons. The second-order valence-corrected chi connectivity index (χ2v) is 4.76. The predicted molar refractivity (Wildman–Crippen MR) is 63.5 cm³/mol. The molecule has 0 saturated carbocycles. The molecule has 0 aliphatic carbocycles. The lowest BCUT2D eigenvalue weighted by Crippen LogP contribution is -2.26. The zero-order valence-corrected chi connectivity index (χ0v) is 10.00. The molecule has 2 nitrogen and oxygen atoms in total. The Hall–Kier alpha value is -1.00. The van der Waals surface area contributed by atoms with Gasteiger partial charge in [0.1, 0.15) is 11.6 Å². The van der Waals surface area contributed by atoms with Gasteiger partial charge in [-0.1, -0.05) is 0 Å². The first-order valence-corrected chi connectivity index (χ1v) is 6.00. The molecule has 1 aromatic rings. The molecule has 1 aromatic carbocycles. The van der Waals surface area contributed by atoms with Crippen LogP contribution in [0.15, 0.2) is 18.2 Å². The Morgan fingerprint density at radius 1 is 1.35 bits per heavy atom. The summed E-state index contributed by atoms with van der Waals surface area (Å²) >= 11 is 0. The molecule has 94 valence electrons. The molecule has 1 fully saturated rings. The van der Waals surface area contributed by atoms with E-state index >= 15 is 0 Å². The Balaban J connectivity index is 2.11. The fourth-order valence-corrected chi connectivity index (χ4v) is 2.43.